The fraction of sp³-hybridized carbons (Fsp3) is 0.500. The Morgan fingerprint density at radius 2 is 2.06 bits per heavy atom. The Labute approximate surface area is 95.6 Å². The van der Waals surface area contributed by atoms with Crippen LogP contribution in [0.1, 0.15) is 24.0 Å². The lowest BCUT2D eigenvalue weighted by molar-refractivity contribution is -0.137. The van der Waals surface area contributed by atoms with Gasteiger partial charge in [-0.1, -0.05) is 11.6 Å². The van der Waals surface area contributed by atoms with Gasteiger partial charge in [-0.25, -0.2) is 4.98 Å². The van der Waals surface area contributed by atoms with Crippen LogP contribution in [-0.4, -0.2) is 10.5 Å². The van der Waals surface area contributed by atoms with Crippen molar-refractivity contribution < 1.29 is 13.2 Å². The van der Waals surface area contributed by atoms with Crippen LogP contribution in [-0.2, 0) is 12.6 Å². The van der Waals surface area contributed by atoms with E-state index in [1.165, 1.54) is 0 Å². The van der Waals surface area contributed by atoms with Gasteiger partial charge in [0.1, 0.15) is 5.15 Å². The summed E-state index contributed by atoms with van der Waals surface area (Å²) < 4.78 is 37.3. The molecule has 1 fully saturated rings. The van der Waals surface area contributed by atoms with Gasteiger partial charge in [0, 0.05) is 11.7 Å². The van der Waals surface area contributed by atoms with Crippen molar-refractivity contribution in [2.75, 3.05) is 0 Å². The third kappa shape index (κ3) is 2.47. The zero-order valence-corrected chi connectivity index (χ0v) is 9.07. The average molecular weight is 251 g/mol. The number of alkyl halides is 3. The molecule has 1 aliphatic rings. The van der Waals surface area contributed by atoms with Crippen LogP contribution in [0.25, 0.3) is 0 Å². The molecule has 2 N–H and O–H groups in total. The van der Waals surface area contributed by atoms with E-state index in [1.54, 1.807) is 0 Å². The maximum atomic E-state index is 12.4. The van der Waals surface area contributed by atoms with Crippen molar-refractivity contribution >= 4 is 11.6 Å². The summed E-state index contributed by atoms with van der Waals surface area (Å²) >= 11 is 5.75. The second-order valence-corrected chi connectivity index (χ2v) is 4.57. The van der Waals surface area contributed by atoms with E-state index in [2.05, 4.69) is 4.98 Å². The number of hydrogen-bond donors (Lipinski definition) is 1. The minimum Gasteiger partial charge on any atom is -0.325 e. The third-order valence-corrected chi connectivity index (χ3v) is 3.01. The maximum absolute atomic E-state index is 12.4. The first-order chi connectivity index (χ1) is 7.30. The summed E-state index contributed by atoms with van der Waals surface area (Å²) in [6.45, 7) is 0. The summed E-state index contributed by atoms with van der Waals surface area (Å²) in [6, 6.07) is 1.03. The van der Waals surface area contributed by atoms with Gasteiger partial charge >= 0.3 is 6.18 Å². The highest BCUT2D eigenvalue weighted by molar-refractivity contribution is 6.30. The molecule has 1 saturated carbocycles. The molecule has 0 aliphatic heterocycles. The van der Waals surface area contributed by atoms with Crippen LogP contribution in [0.15, 0.2) is 12.3 Å². The lowest BCUT2D eigenvalue weighted by Gasteiger charge is -2.12. The first kappa shape index (κ1) is 11.7. The van der Waals surface area contributed by atoms with E-state index in [0.29, 0.717) is 12.0 Å². The standard InChI is InChI=1S/C10H10ClF3N2/c11-8-6(4-9(15)1-2-9)3-7(5-16-8)10(12,13)14/h3,5H,1-2,4,15H2. The summed E-state index contributed by atoms with van der Waals surface area (Å²) in [5.74, 6) is 0. The Balaban J connectivity index is 2.29. The van der Waals surface area contributed by atoms with Crippen LogP contribution < -0.4 is 5.73 Å². The second kappa shape index (κ2) is 3.60. The molecule has 1 aromatic rings. The van der Waals surface area contributed by atoms with Crippen molar-refractivity contribution in [2.45, 2.75) is 31.0 Å². The normalized spacial score (nSPS) is 18.6. The van der Waals surface area contributed by atoms with E-state index in [9.17, 15) is 13.2 Å². The zero-order chi connectivity index (χ0) is 12.0. The Morgan fingerprint density at radius 1 is 1.44 bits per heavy atom. The number of rotatable bonds is 2. The molecule has 1 aromatic heterocycles. The molecule has 0 aromatic carbocycles. The molecule has 1 heterocycles. The molecule has 0 amide bonds. The van der Waals surface area contributed by atoms with E-state index in [4.69, 9.17) is 17.3 Å². The molecular formula is C10H10ClF3N2. The molecule has 0 saturated heterocycles. The second-order valence-electron chi connectivity index (χ2n) is 4.21. The van der Waals surface area contributed by atoms with Crippen molar-refractivity contribution in [1.29, 1.82) is 0 Å². The molecular weight excluding hydrogens is 241 g/mol. The van der Waals surface area contributed by atoms with Gasteiger partial charge in [0.05, 0.1) is 5.56 Å². The van der Waals surface area contributed by atoms with E-state index >= 15 is 0 Å². The summed E-state index contributed by atoms with van der Waals surface area (Å²) in [6.07, 6.45) is -1.67. The van der Waals surface area contributed by atoms with Crippen molar-refractivity contribution in [1.82, 2.24) is 4.98 Å². The fourth-order valence-corrected chi connectivity index (χ4v) is 1.66. The molecule has 88 valence electrons. The van der Waals surface area contributed by atoms with E-state index in [0.717, 1.165) is 25.1 Å². The number of pyridine rings is 1. The van der Waals surface area contributed by atoms with Crippen molar-refractivity contribution in [3.63, 3.8) is 0 Å². The van der Waals surface area contributed by atoms with Crippen LogP contribution in [0.4, 0.5) is 13.2 Å². The Morgan fingerprint density at radius 3 is 2.56 bits per heavy atom. The SMILES string of the molecule is NC1(Cc2cc(C(F)(F)F)cnc2Cl)CC1. The van der Waals surface area contributed by atoms with Crippen molar-refractivity contribution in [3.8, 4) is 0 Å². The Kier molecular flexibility index (Phi) is 2.62. The largest absolute Gasteiger partial charge is 0.417 e. The first-order valence-electron chi connectivity index (χ1n) is 4.81. The van der Waals surface area contributed by atoms with Gasteiger partial charge in [-0.2, -0.15) is 13.2 Å². The van der Waals surface area contributed by atoms with E-state index in [1.807, 2.05) is 0 Å². The van der Waals surface area contributed by atoms with Crippen LogP contribution in [0.5, 0.6) is 0 Å². The van der Waals surface area contributed by atoms with Gasteiger partial charge in [-0.15, -0.1) is 0 Å². The topological polar surface area (TPSA) is 38.9 Å². The predicted octanol–water partition coefficient (Wildman–Crippen LogP) is 2.79. The summed E-state index contributed by atoms with van der Waals surface area (Å²) in [5.41, 5.74) is 5.05. The number of aromatic nitrogens is 1. The van der Waals surface area contributed by atoms with Crippen LogP contribution in [0.3, 0.4) is 0 Å². The smallest absolute Gasteiger partial charge is 0.325 e. The number of nitrogens with two attached hydrogens (primary N) is 1. The van der Waals surface area contributed by atoms with E-state index in [-0.39, 0.29) is 10.7 Å². The highest BCUT2D eigenvalue weighted by atomic mass is 35.5. The van der Waals surface area contributed by atoms with Gasteiger partial charge in [0.15, 0.2) is 0 Å². The molecule has 1 aliphatic carbocycles. The Hall–Kier alpha value is -0.810. The van der Waals surface area contributed by atoms with Gasteiger partial charge in [-0.05, 0) is 30.9 Å². The minimum absolute atomic E-state index is 0.102. The van der Waals surface area contributed by atoms with Gasteiger partial charge in [-0.3, -0.25) is 0 Å². The highest BCUT2D eigenvalue weighted by Gasteiger charge is 2.39. The molecule has 16 heavy (non-hydrogen) atoms. The first-order valence-corrected chi connectivity index (χ1v) is 5.18. The molecule has 2 nitrogen and oxygen atoms in total. The monoisotopic (exact) mass is 250 g/mol. The van der Waals surface area contributed by atoms with Crippen LogP contribution in [0, 0.1) is 0 Å². The molecule has 0 unspecified atom stereocenters. The van der Waals surface area contributed by atoms with Crippen molar-refractivity contribution in [2.24, 2.45) is 5.73 Å². The number of nitrogens with zero attached hydrogens (tertiary/aromatic N) is 1. The maximum Gasteiger partial charge on any atom is 0.417 e. The summed E-state index contributed by atoms with van der Waals surface area (Å²) in [4.78, 5) is 3.55. The highest BCUT2D eigenvalue weighted by Crippen LogP contribution is 2.38. The lowest BCUT2D eigenvalue weighted by Crippen LogP contribution is -2.25. The minimum atomic E-state index is -4.39. The molecule has 0 radical (unpaired) electrons. The molecule has 6 heteroatoms. The Bertz CT molecular complexity index is 413. The lowest BCUT2D eigenvalue weighted by atomic mass is 10.1. The third-order valence-electron chi connectivity index (χ3n) is 2.67. The summed E-state index contributed by atoms with van der Waals surface area (Å²) in [7, 11) is 0. The van der Waals surface area contributed by atoms with Crippen LogP contribution >= 0.6 is 11.6 Å². The number of hydrogen-bond acceptors (Lipinski definition) is 2. The fourth-order valence-electron chi connectivity index (χ4n) is 1.49. The van der Waals surface area contributed by atoms with Crippen LogP contribution in [0.2, 0.25) is 5.15 Å². The average Bonchev–Trinajstić information content (AvgIpc) is 2.86. The molecule has 2 rings (SSSR count). The molecule has 0 bridgehead atoms. The molecule has 0 atom stereocenters. The molecule has 0 spiro atoms. The van der Waals surface area contributed by atoms with Gasteiger partial charge in [0.25, 0.3) is 0 Å². The van der Waals surface area contributed by atoms with Crippen molar-refractivity contribution in [3.05, 3.63) is 28.5 Å². The van der Waals surface area contributed by atoms with Gasteiger partial charge < -0.3 is 5.73 Å². The summed E-state index contributed by atoms with van der Waals surface area (Å²) in [5, 5.41) is 0.102. The quantitative estimate of drug-likeness (QED) is 0.820. The number of halogens is 4. The van der Waals surface area contributed by atoms with Gasteiger partial charge in [0.2, 0.25) is 0 Å². The zero-order valence-electron chi connectivity index (χ0n) is 8.31. The van der Waals surface area contributed by atoms with E-state index < -0.39 is 11.7 Å². The predicted molar refractivity (Wildman–Crippen MR) is 54.1 cm³/mol.